The monoisotopic (exact) mass is 697 g/mol. The Bertz CT molecular complexity index is 1090. The molecule has 2 aliphatic carbocycles. The minimum Gasteiger partial charge on any atom is -0.394 e. The van der Waals surface area contributed by atoms with E-state index >= 15 is 0 Å². The summed E-state index contributed by atoms with van der Waals surface area (Å²) < 4.78 is 35.1. The highest BCUT2D eigenvalue weighted by Crippen LogP contribution is 2.36. The van der Waals surface area contributed by atoms with Crippen molar-refractivity contribution in [2.75, 3.05) is 13.2 Å². The van der Waals surface area contributed by atoms with Crippen LogP contribution in [-0.2, 0) is 33.2 Å². The van der Waals surface area contributed by atoms with E-state index < -0.39 is 134 Å². The SMILES string of the molecule is C[C@@H]1O[C@H](O[C@H]2[C@@H](O)[C@H](O[C@@H]3[C@@H](O)[C@H](NC(=O)C4(O)CCC4)C[C@H](N)[C@H]3O[C@H]3O[C@H](CN)[C@@H](O)[C@@H](O)[C@H]3N)O[C@@H]2CO)[C@H](N)[C@@H](O)[C@@H]1O. The lowest BCUT2D eigenvalue weighted by Crippen LogP contribution is -2.69. The van der Waals surface area contributed by atoms with Gasteiger partial charge in [-0.2, -0.15) is 0 Å². The third-order valence-corrected chi connectivity index (χ3v) is 10.2. The molecular formula is C28H51N5O15. The molecule has 5 aliphatic rings. The molecule has 0 aromatic heterocycles. The first-order valence-corrected chi connectivity index (χ1v) is 16.2. The molecule has 0 aromatic rings. The molecule has 1 amide bonds. The van der Waals surface area contributed by atoms with Crippen LogP contribution in [0.25, 0.3) is 0 Å². The molecule has 0 spiro atoms. The van der Waals surface area contributed by atoms with E-state index in [1.807, 2.05) is 0 Å². The van der Waals surface area contributed by atoms with Crippen molar-refractivity contribution in [1.82, 2.24) is 5.32 Å². The van der Waals surface area contributed by atoms with Crippen LogP contribution in [-0.4, -0.2) is 182 Å². The fraction of sp³-hybridized carbons (Fsp3) is 0.964. The lowest BCUT2D eigenvalue weighted by Gasteiger charge is -2.48. The summed E-state index contributed by atoms with van der Waals surface area (Å²) in [6, 6.07) is -4.62. The minimum absolute atomic E-state index is 0.0800. The van der Waals surface area contributed by atoms with Crippen LogP contribution in [0.2, 0.25) is 0 Å². The zero-order valence-corrected chi connectivity index (χ0v) is 26.5. The molecule has 20 nitrogen and oxygen atoms in total. The third-order valence-electron chi connectivity index (χ3n) is 10.2. The van der Waals surface area contributed by atoms with Gasteiger partial charge in [-0.15, -0.1) is 0 Å². The summed E-state index contributed by atoms with van der Waals surface area (Å²) in [6.07, 6.45) is -19.6. The molecule has 19 atom stereocenters. The predicted octanol–water partition coefficient (Wildman–Crippen LogP) is -7.76. The Balaban J connectivity index is 1.36. The fourth-order valence-corrected chi connectivity index (χ4v) is 6.79. The zero-order chi connectivity index (χ0) is 35.2. The summed E-state index contributed by atoms with van der Waals surface area (Å²) in [5, 5.41) is 87.4. The van der Waals surface area contributed by atoms with Crippen LogP contribution in [0.4, 0.5) is 0 Å². The maximum Gasteiger partial charge on any atom is 0.252 e. The molecule has 0 unspecified atom stereocenters. The highest BCUT2D eigenvalue weighted by atomic mass is 16.8. The average molecular weight is 698 g/mol. The van der Waals surface area contributed by atoms with Crippen molar-refractivity contribution in [3.05, 3.63) is 0 Å². The van der Waals surface area contributed by atoms with E-state index in [9.17, 15) is 45.6 Å². The fourth-order valence-electron chi connectivity index (χ4n) is 6.79. The molecule has 0 aromatic carbocycles. The number of hydrogen-bond acceptors (Lipinski definition) is 19. The van der Waals surface area contributed by atoms with Crippen molar-refractivity contribution in [3.63, 3.8) is 0 Å². The van der Waals surface area contributed by atoms with E-state index in [1.54, 1.807) is 0 Å². The number of nitrogens with one attached hydrogen (secondary N) is 1. The molecule has 278 valence electrons. The number of nitrogens with two attached hydrogens (primary N) is 4. The van der Waals surface area contributed by atoms with Gasteiger partial charge in [-0.3, -0.25) is 4.79 Å². The largest absolute Gasteiger partial charge is 0.394 e. The van der Waals surface area contributed by atoms with E-state index in [4.69, 9.17) is 51.4 Å². The summed E-state index contributed by atoms with van der Waals surface area (Å²) in [5.74, 6) is -0.708. The standard InChI is InChI=1S/C28H51N5O15/c1-8-15(35)18(38)13(31)24(43-8)47-22-12(7-34)45-26(20(22)40)48-23-16(36)10(33-27(41)28(42)3-2-4-28)5-9(30)21(23)46-25-14(32)19(39)17(37)11(6-29)44-25/h8-26,34-40,42H,2-7,29-32H2,1H3,(H,33,41)/t8-,9-,10+,11+,12+,13+,14+,15+,16-,17+,18+,19-,20+,21+,22+,23+,24+,25+,26-/m0/s1. The van der Waals surface area contributed by atoms with Gasteiger partial charge in [0.2, 0.25) is 0 Å². The number of aliphatic hydroxyl groups excluding tert-OH is 7. The Labute approximate surface area is 276 Å². The molecule has 48 heavy (non-hydrogen) atoms. The number of amides is 1. The Morgan fingerprint density at radius 3 is 1.92 bits per heavy atom. The molecule has 2 saturated carbocycles. The van der Waals surface area contributed by atoms with E-state index in [1.165, 1.54) is 6.92 Å². The molecule has 0 bridgehead atoms. The number of ether oxygens (including phenoxy) is 6. The Morgan fingerprint density at radius 2 is 1.33 bits per heavy atom. The number of carbonyl (C=O) groups is 1. The summed E-state index contributed by atoms with van der Waals surface area (Å²) in [5.41, 5.74) is 22.7. The Morgan fingerprint density at radius 1 is 0.771 bits per heavy atom. The van der Waals surface area contributed by atoms with Crippen molar-refractivity contribution >= 4 is 5.91 Å². The van der Waals surface area contributed by atoms with Crippen molar-refractivity contribution in [2.45, 2.75) is 154 Å². The number of hydrogen-bond donors (Lipinski definition) is 13. The van der Waals surface area contributed by atoms with Gasteiger partial charge >= 0.3 is 0 Å². The lowest BCUT2D eigenvalue weighted by molar-refractivity contribution is -0.307. The van der Waals surface area contributed by atoms with Crippen molar-refractivity contribution in [1.29, 1.82) is 0 Å². The van der Waals surface area contributed by atoms with Gasteiger partial charge in [-0.05, 0) is 32.6 Å². The van der Waals surface area contributed by atoms with Crippen LogP contribution in [0.15, 0.2) is 0 Å². The van der Waals surface area contributed by atoms with E-state index in [2.05, 4.69) is 5.32 Å². The smallest absolute Gasteiger partial charge is 0.252 e. The van der Waals surface area contributed by atoms with Crippen LogP contribution >= 0.6 is 0 Å². The van der Waals surface area contributed by atoms with Crippen LogP contribution < -0.4 is 28.3 Å². The molecule has 3 saturated heterocycles. The van der Waals surface area contributed by atoms with Gasteiger partial charge in [-0.1, -0.05) is 0 Å². The molecule has 17 N–H and O–H groups in total. The molecule has 5 rings (SSSR count). The van der Waals surface area contributed by atoms with Gasteiger partial charge in [0.1, 0.15) is 72.7 Å². The zero-order valence-electron chi connectivity index (χ0n) is 26.5. The normalized spacial score (nSPS) is 50.9. The van der Waals surface area contributed by atoms with E-state index in [-0.39, 0.29) is 25.8 Å². The molecule has 3 aliphatic heterocycles. The van der Waals surface area contributed by atoms with Crippen LogP contribution in [0.5, 0.6) is 0 Å². The van der Waals surface area contributed by atoms with Crippen LogP contribution in [0, 0.1) is 0 Å². The van der Waals surface area contributed by atoms with Gasteiger partial charge in [0, 0.05) is 12.6 Å². The Hall–Kier alpha value is -1.25. The summed E-state index contributed by atoms with van der Waals surface area (Å²) in [6.45, 7) is 0.604. The van der Waals surface area contributed by atoms with Gasteiger partial charge < -0.3 is 97.5 Å². The number of aliphatic hydroxyl groups is 8. The first kappa shape index (κ1) is 38.0. The lowest BCUT2D eigenvalue weighted by atomic mass is 9.78. The van der Waals surface area contributed by atoms with E-state index in [0.717, 1.165) is 0 Å². The molecule has 3 heterocycles. The molecular weight excluding hydrogens is 646 g/mol. The molecule has 20 heteroatoms. The number of carbonyl (C=O) groups excluding carboxylic acids is 1. The first-order valence-electron chi connectivity index (χ1n) is 16.2. The highest BCUT2D eigenvalue weighted by Gasteiger charge is 2.55. The van der Waals surface area contributed by atoms with Crippen LogP contribution in [0.3, 0.4) is 0 Å². The van der Waals surface area contributed by atoms with Gasteiger partial charge in [-0.25, -0.2) is 0 Å². The summed E-state index contributed by atoms with van der Waals surface area (Å²) in [4.78, 5) is 12.9. The first-order chi connectivity index (χ1) is 22.6. The summed E-state index contributed by atoms with van der Waals surface area (Å²) in [7, 11) is 0. The number of rotatable bonds is 10. The van der Waals surface area contributed by atoms with Gasteiger partial charge in [0.05, 0.1) is 30.8 Å². The quantitative estimate of drug-likeness (QED) is 0.101. The Kier molecular flexibility index (Phi) is 12.0. The maximum absolute atomic E-state index is 12.9. The van der Waals surface area contributed by atoms with Gasteiger partial charge in [0.25, 0.3) is 5.91 Å². The molecule has 5 fully saturated rings. The predicted molar refractivity (Wildman–Crippen MR) is 158 cm³/mol. The van der Waals surface area contributed by atoms with E-state index in [0.29, 0.717) is 6.42 Å². The minimum atomic E-state index is -1.67. The highest BCUT2D eigenvalue weighted by molar-refractivity contribution is 5.86. The second-order valence-electron chi connectivity index (χ2n) is 13.5. The van der Waals surface area contributed by atoms with Crippen molar-refractivity contribution < 1.29 is 74.1 Å². The summed E-state index contributed by atoms with van der Waals surface area (Å²) >= 11 is 0. The maximum atomic E-state index is 12.9. The second kappa shape index (κ2) is 15.2. The van der Waals surface area contributed by atoms with Crippen molar-refractivity contribution in [3.8, 4) is 0 Å². The van der Waals surface area contributed by atoms with Crippen molar-refractivity contribution in [2.24, 2.45) is 22.9 Å². The average Bonchev–Trinajstić information content (AvgIpc) is 3.34. The molecule has 0 radical (unpaired) electrons. The van der Waals surface area contributed by atoms with Gasteiger partial charge in [0.15, 0.2) is 18.9 Å². The topological polar surface area (TPSA) is 350 Å². The van der Waals surface area contributed by atoms with Crippen LogP contribution in [0.1, 0.15) is 32.6 Å². The second-order valence-corrected chi connectivity index (χ2v) is 13.5. The third kappa shape index (κ3) is 7.24.